The number of anilines is 1. The topological polar surface area (TPSA) is 56.8 Å². The Balaban J connectivity index is 1.63. The van der Waals surface area contributed by atoms with Gasteiger partial charge in [0.15, 0.2) is 0 Å². The maximum absolute atomic E-state index is 16.2. The monoisotopic (exact) mass is 550 g/mol. The number of hydroxylamine groups is 2. The summed E-state index contributed by atoms with van der Waals surface area (Å²) in [5.41, 5.74) is 3.65. The number of nitrogens with zero attached hydrogens (tertiary/aromatic N) is 2. The zero-order valence-corrected chi connectivity index (χ0v) is 23.7. The van der Waals surface area contributed by atoms with Crippen molar-refractivity contribution < 1.29 is 14.0 Å². The van der Waals surface area contributed by atoms with E-state index in [-0.39, 0.29) is 23.7 Å². The van der Waals surface area contributed by atoms with Crippen LogP contribution >= 0.6 is 11.6 Å². The minimum absolute atomic E-state index is 0.0204. The Morgan fingerprint density at radius 3 is 2.82 bits per heavy atom. The lowest BCUT2D eigenvalue weighted by Crippen LogP contribution is -2.53. The molecule has 2 aromatic carbocycles. The van der Waals surface area contributed by atoms with E-state index in [0.29, 0.717) is 34.2 Å². The largest absolute Gasteiger partial charge is 0.364 e. The number of benzene rings is 2. The third kappa shape index (κ3) is 4.00. The zero-order chi connectivity index (χ0) is 27.5. The maximum Gasteiger partial charge on any atom is 0.250 e. The smallest absolute Gasteiger partial charge is 0.250 e. The maximum atomic E-state index is 16.2. The molecule has 2 heterocycles. The van der Waals surface area contributed by atoms with Crippen molar-refractivity contribution in [2.24, 2.45) is 11.8 Å². The summed E-state index contributed by atoms with van der Waals surface area (Å²) in [6.07, 6.45) is 7.96. The first-order chi connectivity index (χ1) is 18.8. The lowest BCUT2D eigenvalue weighted by atomic mass is 9.70. The fourth-order valence-corrected chi connectivity index (χ4v) is 7.36. The number of amides is 1. The molecule has 2 N–H and O–H groups in total. The van der Waals surface area contributed by atoms with Crippen LogP contribution in [0.2, 0.25) is 5.02 Å². The first-order valence-electron chi connectivity index (χ1n) is 13.9. The second kappa shape index (κ2) is 9.95. The first kappa shape index (κ1) is 26.4. The number of fused-ring (bicyclic) bond motifs is 3. The minimum Gasteiger partial charge on any atom is -0.364 e. The van der Waals surface area contributed by atoms with E-state index in [1.54, 1.807) is 25.2 Å². The number of hydrogen-bond acceptors (Lipinski definition) is 5. The Bertz CT molecular complexity index is 1370. The van der Waals surface area contributed by atoms with Gasteiger partial charge in [-0.2, -0.15) is 0 Å². The summed E-state index contributed by atoms with van der Waals surface area (Å²) in [7, 11) is 3.54. The average molecular weight is 551 g/mol. The first-order valence-corrected chi connectivity index (χ1v) is 14.3. The summed E-state index contributed by atoms with van der Waals surface area (Å²) in [6, 6.07) is 11.2. The molecule has 4 atom stereocenters. The number of aryl methyl sites for hydroxylation is 1. The minimum atomic E-state index is -1.07. The molecule has 1 amide bonds. The van der Waals surface area contributed by atoms with Crippen LogP contribution in [0, 0.1) is 24.6 Å². The molecule has 1 spiro atoms. The van der Waals surface area contributed by atoms with E-state index in [2.05, 4.69) is 28.5 Å². The van der Waals surface area contributed by atoms with Gasteiger partial charge in [0.1, 0.15) is 11.4 Å². The second-order valence-corrected chi connectivity index (χ2v) is 11.7. The van der Waals surface area contributed by atoms with Crippen LogP contribution in [0.5, 0.6) is 0 Å². The lowest BCUT2D eigenvalue weighted by Gasteiger charge is -2.41. The molecule has 206 valence electrons. The molecule has 6 rings (SSSR count). The summed E-state index contributed by atoms with van der Waals surface area (Å²) < 4.78 is 16.2. The van der Waals surface area contributed by atoms with E-state index in [0.717, 1.165) is 42.8 Å². The van der Waals surface area contributed by atoms with Gasteiger partial charge in [-0.3, -0.25) is 19.6 Å². The van der Waals surface area contributed by atoms with Crippen LogP contribution in [0.25, 0.3) is 0 Å². The summed E-state index contributed by atoms with van der Waals surface area (Å²) in [5, 5.41) is 9.02. The van der Waals surface area contributed by atoms with Crippen molar-refractivity contribution in [3.8, 4) is 0 Å². The van der Waals surface area contributed by atoms with E-state index in [1.165, 1.54) is 0 Å². The number of likely N-dealkylation sites (tertiary alicyclic amines) is 1. The number of allylic oxidation sites excluding steroid dienone is 1. The zero-order valence-electron chi connectivity index (χ0n) is 22.9. The molecular weight excluding hydrogens is 515 g/mol. The molecule has 2 aliphatic heterocycles. The summed E-state index contributed by atoms with van der Waals surface area (Å²) in [5.74, 6) is -0.509. The van der Waals surface area contributed by atoms with E-state index in [1.807, 2.05) is 43.6 Å². The van der Waals surface area contributed by atoms with Crippen molar-refractivity contribution in [1.82, 2.24) is 15.3 Å². The van der Waals surface area contributed by atoms with Crippen LogP contribution in [0.1, 0.15) is 55.2 Å². The van der Waals surface area contributed by atoms with Gasteiger partial charge in [-0.05, 0) is 61.6 Å². The van der Waals surface area contributed by atoms with Gasteiger partial charge in [0.2, 0.25) is 5.91 Å². The van der Waals surface area contributed by atoms with Gasteiger partial charge < -0.3 is 10.6 Å². The highest BCUT2D eigenvalue weighted by Crippen LogP contribution is 2.65. The molecule has 1 saturated carbocycles. The van der Waals surface area contributed by atoms with Gasteiger partial charge in [0.05, 0.1) is 12.8 Å². The van der Waals surface area contributed by atoms with Crippen molar-refractivity contribution >= 4 is 23.2 Å². The van der Waals surface area contributed by atoms with Crippen LogP contribution < -0.4 is 10.6 Å². The van der Waals surface area contributed by atoms with Crippen LogP contribution in [0.3, 0.4) is 0 Å². The molecule has 1 saturated heterocycles. The van der Waals surface area contributed by atoms with Crippen LogP contribution in [-0.4, -0.2) is 42.6 Å². The lowest BCUT2D eigenvalue weighted by molar-refractivity contribution is -0.128. The number of nitrogens with one attached hydrogen (secondary N) is 2. The standard InChI is InChI=1S/C31H36ClFN4O2/c1-5-6-14-34-24-16-25-26(29(24)36(3)39-4)27(21-9-7-8-18(2)28(21)33)31(37(25)17-19-10-11-19)22-13-12-20(32)15-23(22)35-30(31)38/h6-9,12-15,19,25-27,34H,5,10-11,16-17H2,1-4H3,(H,35,38)/b14-6-/t25-,26+,27-,31+/m0/s1. The van der Waals surface area contributed by atoms with Gasteiger partial charge in [0.25, 0.3) is 0 Å². The van der Waals surface area contributed by atoms with Crippen molar-refractivity contribution in [2.45, 2.75) is 57.0 Å². The molecule has 2 fully saturated rings. The van der Waals surface area contributed by atoms with Gasteiger partial charge in [-0.1, -0.05) is 48.9 Å². The summed E-state index contributed by atoms with van der Waals surface area (Å²) in [6.45, 7) is 4.67. The van der Waals surface area contributed by atoms with Gasteiger partial charge in [-0.25, -0.2) is 4.39 Å². The molecule has 8 heteroatoms. The summed E-state index contributed by atoms with van der Waals surface area (Å²) >= 11 is 6.38. The molecule has 2 aliphatic carbocycles. The highest BCUT2D eigenvalue weighted by atomic mass is 35.5. The van der Waals surface area contributed by atoms with Gasteiger partial charge in [-0.15, -0.1) is 0 Å². The molecule has 0 radical (unpaired) electrons. The Morgan fingerprint density at radius 1 is 1.31 bits per heavy atom. The fraction of sp³-hybridized carbons (Fsp3) is 0.452. The highest BCUT2D eigenvalue weighted by molar-refractivity contribution is 6.31. The third-order valence-corrected chi connectivity index (χ3v) is 9.27. The molecule has 0 unspecified atom stereocenters. The van der Waals surface area contributed by atoms with Crippen LogP contribution in [0.15, 0.2) is 60.1 Å². The van der Waals surface area contributed by atoms with Crippen LogP contribution in [0.4, 0.5) is 10.1 Å². The number of hydrogen-bond donors (Lipinski definition) is 2. The van der Waals surface area contributed by atoms with Crippen molar-refractivity contribution in [3.63, 3.8) is 0 Å². The molecule has 6 nitrogen and oxygen atoms in total. The van der Waals surface area contributed by atoms with Crippen molar-refractivity contribution in [1.29, 1.82) is 0 Å². The molecule has 39 heavy (non-hydrogen) atoms. The number of halogens is 2. The Morgan fingerprint density at radius 2 is 2.10 bits per heavy atom. The molecular formula is C31H36ClFN4O2. The molecule has 0 bridgehead atoms. The Kier molecular flexibility index (Phi) is 6.72. The van der Waals surface area contributed by atoms with Crippen molar-refractivity contribution in [2.75, 3.05) is 26.0 Å². The fourth-order valence-electron chi connectivity index (χ4n) is 7.19. The third-order valence-electron chi connectivity index (χ3n) is 9.03. The molecule has 2 aromatic rings. The van der Waals surface area contributed by atoms with Gasteiger partial charge >= 0.3 is 0 Å². The normalized spacial score (nSPS) is 27.9. The predicted molar refractivity (Wildman–Crippen MR) is 151 cm³/mol. The number of carbonyl (C=O) groups excluding carboxylic acids is 1. The van der Waals surface area contributed by atoms with E-state index in [4.69, 9.17) is 16.4 Å². The quantitative estimate of drug-likeness (QED) is 0.392. The second-order valence-electron chi connectivity index (χ2n) is 11.3. The molecule has 4 aliphatic rings. The van der Waals surface area contributed by atoms with Crippen LogP contribution in [-0.2, 0) is 15.2 Å². The Labute approximate surface area is 234 Å². The van der Waals surface area contributed by atoms with E-state index >= 15 is 4.39 Å². The average Bonchev–Trinajstić information content (AvgIpc) is 3.52. The number of rotatable bonds is 8. The highest BCUT2D eigenvalue weighted by Gasteiger charge is 2.70. The number of carbonyl (C=O) groups is 1. The van der Waals surface area contributed by atoms with E-state index < -0.39 is 11.5 Å². The Hall–Kier alpha value is -2.87. The SMILES string of the molecule is CC/C=C\NC1=C(N(C)OC)[C@@H]2[C@H](C1)N(CC1CC1)[C@@]1(C(=O)Nc3cc(Cl)ccc31)[C@H]2c1cccc(C)c1F. The predicted octanol–water partition coefficient (Wildman–Crippen LogP) is 6.05. The van der Waals surface area contributed by atoms with Gasteiger partial charge in [0, 0.05) is 59.9 Å². The van der Waals surface area contributed by atoms with E-state index in [9.17, 15) is 4.79 Å². The van der Waals surface area contributed by atoms with Crippen molar-refractivity contribution in [3.05, 3.63) is 87.6 Å². The molecule has 0 aromatic heterocycles. The summed E-state index contributed by atoms with van der Waals surface area (Å²) in [4.78, 5) is 22.6.